The number of halogens is 1. The number of aromatic nitrogens is 1. The predicted molar refractivity (Wildman–Crippen MR) is 122 cm³/mol. The van der Waals surface area contributed by atoms with Gasteiger partial charge in [-0.3, -0.25) is 19.7 Å². The maximum atomic E-state index is 13.4. The summed E-state index contributed by atoms with van der Waals surface area (Å²) in [7, 11) is 0. The molecular weight excluding hydrogens is 432 g/mol. The summed E-state index contributed by atoms with van der Waals surface area (Å²) in [4.78, 5) is 41.9. The quantitative estimate of drug-likeness (QED) is 0.447. The van der Waals surface area contributed by atoms with Gasteiger partial charge in [-0.15, -0.1) is 0 Å². The molecule has 0 aliphatic carbocycles. The van der Waals surface area contributed by atoms with Crippen molar-refractivity contribution in [2.45, 2.75) is 32.9 Å². The first-order valence-corrected chi connectivity index (χ1v) is 10.8. The van der Waals surface area contributed by atoms with Gasteiger partial charge in [0, 0.05) is 53.3 Å². The standard InChI is InChI=1S/C23H23ClN4O4/c1-13(2)21(26-22(29)14-7-8-17(24)20(11-14)28(31)32)23(30)27-10-9-19-16(12-27)15-5-3-4-6-18(15)25-19/h3-8,11,13,21,25H,9-10,12H2,1-2H3,(H,26,29)/t21-/m1/s1. The van der Waals surface area contributed by atoms with Gasteiger partial charge in [0.2, 0.25) is 5.91 Å². The van der Waals surface area contributed by atoms with Crippen LogP contribution in [0.5, 0.6) is 0 Å². The van der Waals surface area contributed by atoms with Gasteiger partial charge in [-0.2, -0.15) is 0 Å². The van der Waals surface area contributed by atoms with Crippen LogP contribution in [-0.2, 0) is 17.8 Å². The number of carbonyl (C=O) groups excluding carboxylic acids is 2. The van der Waals surface area contributed by atoms with Crippen LogP contribution < -0.4 is 5.32 Å². The molecule has 4 rings (SSSR count). The van der Waals surface area contributed by atoms with Gasteiger partial charge in [-0.25, -0.2) is 0 Å². The highest BCUT2D eigenvalue weighted by molar-refractivity contribution is 6.32. The van der Waals surface area contributed by atoms with Crippen LogP contribution in [0.4, 0.5) is 5.69 Å². The van der Waals surface area contributed by atoms with Crippen LogP contribution in [0.3, 0.4) is 0 Å². The van der Waals surface area contributed by atoms with Crippen LogP contribution in [0, 0.1) is 16.0 Å². The van der Waals surface area contributed by atoms with Crippen LogP contribution in [0.15, 0.2) is 42.5 Å². The van der Waals surface area contributed by atoms with Gasteiger partial charge >= 0.3 is 0 Å². The lowest BCUT2D eigenvalue weighted by molar-refractivity contribution is -0.384. The van der Waals surface area contributed by atoms with E-state index >= 15 is 0 Å². The van der Waals surface area contributed by atoms with E-state index in [1.165, 1.54) is 12.1 Å². The monoisotopic (exact) mass is 454 g/mol. The molecule has 1 aromatic heterocycles. The Kier molecular flexibility index (Phi) is 5.88. The third kappa shape index (κ3) is 4.05. The number of carbonyl (C=O) groups is 2. The van der Waals surface area contributed by atoms with Crippen molar-refractivity contribution in [2.75, 3.05) is 6.54 Å². The Labute approximate surface area is 189 Å². The van der Waals surface area contributed by atoms with Crippen molar-refractivity contribution in [3.8, 4) is 0 Å². The SMILES string of the molecule is CC(C)[C@@H](NC(=O)c1ccc(Cl)c([N+](=O)[O-])c1)C(=O)N1CCc2[nH]c3ccccc3c2C1. The number of hydrogen-bond acceptors (Lipinski definition) is 4. The smallest absolute Gasteiger partial charge is 0.288 e. The molecule has 0 bridgehead atoms. The molecule has 32 heavy (non-hydrogen) atoms. The molecule has 0 fully saturated rings. The van der Waals surface area contributed by atoms with Crippen LogP contribution in [0.2, 0.25) is 5.02 Å². The second-order valence-electron chi connectivity index (χ2n) is 8.26. The molecule has 3 aromatic rings. The number of fused-ring (bicyclic) bond motifs is 3. The first-order valence-electron chi connectivity index (χ1n) is 10.4. The molecule has 1 atom stereocenters. The summed E-state index contributed by atoms with van der Waals surface area (Å²) in [6, 6.07) is 11.1. The Morgan fingerprint density at radius 3 is 2.69 bits per heavy atom. The Hall–Kier alpha value is -3.39. The van der Waals surface area contributed by atoms with Crippen LogP contribution in [0.1, 0.15) is 35.5 Å². The van der Waals surface area contributed by atoms with Gasteiger partial charge in [0.25, 0.3) is 11.6 Å². The maximum Gasteiger partial charge on any atom is 0.288 e. The van der Waals surface area contributed by atoms with Crippen molar-refractivity contribution < 1.29 is 14.5 Å². The summed E-state index contributed by atoms with van der Waals surface area (Å²) in [6.45, 7) is 4.72. The molecule has 2 amide bonds. The predicted octanol–water partition coefficient (Wildman–Crippen LogP) is 4.07. The highest BCUT2D eigenvalue weighted by atomic mass is 35.5. The summed E-state index contributed by atoms with van der Waals surface area (Å²) in [5.74, 6) is -0.896. The van der Waals surface area contributed by atoms with Crippen molar-refractivity contribution in [3.05, 3.63) is 74.4 Å². The minimum Gasteiger partial charge on any atom is -0.358 e. The Balaban J connectivity index is 1.54. The number of para-hydroxylation sites is 1. The van der Waals surface area contributed by atoms with Gasteiger partial charge in [0.15, 0.2) is 0 Å². The number of rotatable bonds is 5. The molecule has 1 aliphatic rings. The molecule has 0 saturated carbocycles. The molecular formula is C23H23ClN4O4. The third-order valence-corrected chi connectivity index (χ3v) is 6.14. The lowest BCUT2D eigenvalue weighted by Gasteiger charge is -2.32. The van der Waals surface area contributed by atoms with E-state index in [-0.39, 0.29) is 28.1 Å². The number of nitrogens with one attached hydrogen (secondary N) is 2. The number of hydrogen-bond donors (Lipinski definition) is 2. The normalized spacial score (nSPS) is 14.3. The van der Waals surface area contributed by atoms with E-state index in [1.54, 1.807) is 4.90 Å². The number of H-pyrrole nitrogens is 1. The number of nitro benzene ring substituents is 1. The van der Waals surface area contributed by atoms with Crippen LogP contribution >= 0.6 is 11.6 Å². The molecule has 1 aliphatic heterocycles. The van der Waals surface area contributed by atoms with Gasteiger partial charge in [0.05, 0.1) is 4.92 Å². The van der Waals surface area contributed by atoms with E-state index in [2.05, 4.69) is 10.3 Å². The van der Waals surface area contributed by atoms with Crippen molar-refractivity contribution in [3.63, 3.8) is 0 Å². The average Bonchev–Trinajstić information content (AvgIpc) is 3.14. The zero-order valence-electron chi connectivity index (χ0n) is 17.7. The van der Waals surface area contributed by atoms with E-state index < -0.39 is 16.9 Å². The molecule has 0 saturated heterocycles. The zero-order chi connectivity index (χ0) is 23.0. The summed E-state index contributed by atoms with van der Waals surface area (Å²) in [6.07, 6.45) is 0.706. The summed E-state index contributed by atoms with van der Waals surface area (Å²) >= 11 is 5.84. The summed E-state index contributed by atoms with van der Waals surface area (Å²) in [5, 5.41) is 15.0. The number of amides is 2. The number of nitro groups is 1. The molecule has 166 valence electrons. The highest BCUT2D eigenvalue weighted by Gasteiger charge is 2.32. The minimum atomic E-state index is -0.760. The van der Waals surface area contributed by atoms with Crippen molar-refractivity contribution >= 4 is 40.0 Å². The minimum absolute atomic E-state index is 0.0501. The first kappa shape index (κ1) is 21.8. The van der Waals surface area contributed by atoms with Crippen molar-refractivity contribution in [2.24, 2.45) is 5.92 Å². The van der Waals surface area contributed by atoms with Crippen LogP contribution in [0.25, 0.3) is 10.9 Å². The van der Waals surface area contributed by atoms with E-state index in [1.807, 2.05) is 38.1 Å². The van der Waals surface area contributed by atoms with Crippen molar-refractivity contribution in [1.82, 2.24) is 15.2 Å². The molecule has 0 spiro atoms. The summed E-state index contributed by atoms with van der Waals surface area (Å²) in [5.41, 5.74) is 3.01. The Bertz CT molecular complexity index is 1220. The second-order valence-corrected chi connectivity index (χ2v) is 8.66. The second kappa shape index (κ2) is 8.63. The fourth-order valence-corrected chi connectivity index (χ4v) is 4.27. The zero-order valence-corrected chi connectivity index (χ0v) is 18.5. The third-order valence-electron chi connectivity index (χ3n) is 5.82. The van der Waals surface area contributed by atoms with Crippen molar-refractivity contribution in [1.29, 1.82) is 0 Å². The summed E-state index contributed by atoms with van der Waals surface area (Å²) < 4.78 is 0. The van der Waals surface area contributed by atoms with Gasteiger partial charge in [-0.1, -0.05) is 43.6 Å². The molecule has 2 aromatic carbocycles. The van der Waals surface area contributed by atoms with E-state index in [4.69, 9.17) is 11.6 Å². The topological polar surface area (TPSA) is 108 Å². The molecule has 0 unspecified atom stereocenters. The molecule has 2 N–H and O–H groups in total. The maximum absolute atomic E-state index is 13.4. The lowest BCUT2D eigenvalue weighted by Crippen LogP contribution is -2.52. The molecule has 0 radical (unpaired) electrons. The number of nitrogens with zero attached hydrogens (tertiary/aromatic N) is 2. The van der Waals surface area contributed by atoms with Gasteiger partial charge < -0.3 is 15.2 Å². The van der Waals surface area contributed by atoms with E-state index in [9.17, 15) is 19.7 Å². The largest absolute Gasteiger partial charge is 0.358 e. The Morgan fingerprint density at radius 2 is 1.97 bits per heavy atom. The molecule has 9 heteroatoms. The fourth-order valence-electron chi connectivity index (χ4n) is 4.08. The Morgan fingerprint density at radius 1 is 1.22 bits per heavy atom. The van der Waals surface area contributed by atoms with E-state index in [0.29, 0.717) is 19.5 Å². The number of aromatic amines is 1. The fraction of sp³-hybridized carbons (Fsp3) is 0.304. The average molecular weight is 455 g/mol. The molecule has 8 nitrogen and oxygen atoms in total. The van der Waals surface area contributed by atoms with Crippen LogP contribution in [-0.4, -0.2) is 39.2 Å². The van der Waals surface area contributed by atoms with Gasteiger partial charge in [-0.05, 0) is 24.1 Å². The van der Waals surface area contributed by atoms with Gasteiger partial charge in [0.1, 0.15) is 11.1 Å². The highest BCUT2D eigenvalue weighted by Crippen LogP contribution is 2.28. The molecule has 2 heterocycles. The number of benzene rings is 2. The first-order chi connectivity index (χ1) is 15.3. The van der Waals surface area contributed by atoms with E-state index in [0.717, 1.165) is 28.2 Å². The lowest BCUT2D eigenvalue weighted by atomic mass is 9.99.